The summed E-state index contributed by atoms with van der Waals surface area (Å²) in [6.45, 7) is 9.83. The van der Waals surface area contributed by atoms with Gasteiger partial charge in [0.25, 0.3) is 0 Å². The van der Waals surface area contributed by atoms with Gasteiger partial charge in [0.05, 0.1) is 18.8 Å². The minimum absolute atomic E-state index is 0.157. The molecule has 1 saturated carbocycles. The summed E-state index contributed by atoms with van der Waals surface area (Å²) in [5.41, 5.74) is 0. The third kappa shape index (κ3) is 6.17. The van der Waals surface area contributed by atoms with Gasteiger partial charge < -0.3 is 14.6 Å². The van der Waals surface area contributed by atoms with Crippen LogP contribution in [0.15, 0.2) is 0 Å². The minimum Gasteiger partial charge on any atom is -0.393 e. The zero-order chi connectivity index (χ0) is 16.1. The number of hydrogen-bond acceptors (Lipinski definition) is 3. The smallest absolute Gasteiger partial charge is 0.160 e. The quantitative estimate of drug-likeness (QED) is 0.687. The molecule has 2 aliphatic rings. The first-order chi connectivity index (χ1) is 10.5. The molecular weight excluding hydrogens is 276 g/mol. The van der Waals surface area contributed by atoms with Crippen LogP contribution < -0.4 is 0 Å². The van der Waals surface area contributed by atoms with Crippen molar-refractivity contribution in [3.63, 3.8) is 0 Å². The van der Waals surface area contributed by atoms with E-state index >= 15 is 0 Å². The predicted octanol–water partition coefficient (Wildman–Crippen LogP) is 4.38. The average Bonchev–Trinajstić information content (AvgIpc) is 3.28. The molecule has 0 amide bonds. The van der Waals surface area contributed by atoms with Crippen LogP contribution in [0.5, 0.6) is 0 Å². The number of aliphatic hydroxyl groups excluding tert-OH is 1. The molecule has 0 spiro atoms. The molecule has 0 aromatic carbocycles. The lowest BCUT2D eigenvalue weighted by Gasteiger charge is -2.33. The lowest BCUT2D eigenvalue weighted by atomic mass is 9.85. The number of rotatable bonds is 9. The molecule has 1 aliphatic heterocycles. The maximum Gasteiger partial charge on any atom is 0.160 e. The predicted molar refractivity (Wildman–Crippen MR) is 89.6 cm³/mol. The molecule has 1 saturated heterocycles. The van der Waals surface area contributed by atoms with Crippen LogP contribution in [-0.2, 0) is 9.47 Å². The fraction of sp³-hybridized carbons (Fsp3) is 1.00. The highest BCUT2D eigenvalue weighted by molar-refractivity contribution is 4.83. The average molecular weight is 312 g/mol. The highest BCUT2D eigenvalue weighted by Crippen LogP contribution is 2.43. The summed E-state index contributed by atoms with van der Waals surface area (Å²) in [5, 5.41) is 9.91. The van der Waals surface area contributed by atoms with Gasteiger partial charge in [-0.2, -0.15) is 0 Å². The molecule has 0 bridgehead atoms. The highest BCUT2D eigenvalue weighted by Gasteiger charge is 2.33. The van der Waals surface area contributed by atoms with E-state index in [0.29, 0.717) is 12.3 Å². The van der Waals surface area contributed by atoms with Crippen LogP contribution in [-0.4, -0.2) is 30.2 Å². The van der Waals surface area contributed by atoms with Gasteiger partial charge in [0.15, 0.2) is 6.29 Å². The van der Waals surface area contributed by atoms with Crippen molar-refractivity contribution in [2.45, 2.75) is 91.1 Å². The van der Waals surface area contributed by atoms with E-state index in [-0.39, 0.29) is 18.5 Å². The summed E-state index contributed by atoms with van der Waals surface area (Å²) in [7, 11) is 0. The second-order valence-corrected chi connectivity index (χ2v) is 8.12. The van der Waals surface area contributed by atoms with Crippen molar-refractivity contribution in [1.29, 1.82) is 0 Å². The molecule has 5 atom stereocenters. The Balaban J connectivity index is 1.70. The van der Waals surface area contributed by atoms with Crippen molar-refractivity contribution in [2.24, 2.45) is 23.7 Å². The van der Waals surface area contributed by atoms with E-state index in [1.807, 2.05) is 0 Å². The van der Waals surface area contributed by atoms with E-state index in [0.717, 1.165) is 37.2 Å². The zero-order valence-corrected chi connectivity index (χ0v) is 15.0. The molecular formula is C19H36O3. The molecule has 1 N–H and O–H groups in total. The Morgan fingerprint density at radius 1 is 1.14 bits per heavy atom. The van der Waals surface area contributed by atoms with Gasteiger partial charge in [0.1, 0.15) is 0 Å². The van der Waals surface area contributed by atoms with Gasteiger partial charge in [0.2, 0.25) is 0 Å². The van der Waals surface area contributed by atoms with Crippen molar-refractivity contribution in [3.05, 3.63) is 0 Å². The number of hydrogen-bond donors (Lipinski definition) is 1. The third-order valence-electron chi connectivity index (χ3n) is 5.13. The zero-order valence-electron chi connectivity index (χ0n) is 15.0. The Labute approximate surface area is 136 Å². The fourth-order valence-electron chi connectivity index (χ4n) is 3.83. The second-order valence-electron chi connectivity index (χ2n) is 8.12. The Morgan fingerprint density at radius 3 is 2.45 bits per heavy atom. The Morgan fingerprint density at radius 2 is 1.86 bits per heavy atom. The molecule has 3 heteroatoms. The van der Waals surface area contributed by atoms with E-state index in [4.69, 9.17) is 9.47 Å². The summed E-state index contributed by atoms with van der Waals surface area (Å²) in [6.07, 6.45) is 7.50. The minimum atomic E-state index is -0.265. The molecule has 0 aromatic rings. The van der Waals surface area contributed by atoms with Crippen LogP contribution in [0.4, 0.5) is 0 Å². The first-order valence-corrected chi connectivity index (χ1v) is 9.43. The Bertz CT molecular complexity index is 314. The van der Waals surface area contributed by atoms with Crippen LogP contribution in [0.2, 0.25) is 0 Å². The molecule has 22 heavy (non-hydrogen) atoms. The molecule has 1 aliphatic carbocycles. The summed E-state index contributed by atoms with van der Waals surface area (Å²) >= 11 is 0. The van der Waals surface area contributed by atoms with Gasteiger partial charge in [-0.15, -0.1) is 0 Å². The van der Waals surface area contributed by atoms with Crippen molar-refractivity contribution in [3.8, 4) is 0 Å². The number of ether oxygens (including phenoxy) is 2. The van der Waals surface area contributed by atoms with Crippen molar-refractivity contribution in [2.75, 3.05) is 6.61 Å². The fourth-order valence-corrected chi connectivity index (χ4v) is 3.83. The van der Waals surface area contributed by atoms with Crippen molar-refractivity contribution < 1.29 is 14.6 Å². The summed E-state index contributed by atoms with van der Waals surface area (Å²) < 4.78 is 11.9. The normalized spacial score (nSPS) is 32.2. The third-order valence-corrected chi connectivity index (χ3v) is 5.13. The monoisotopic (exact) mass is 312 g/mol. The van der Waals surface area contributed by atoms with E-state index in [1.165, 1.54) is 25.7 Å². The SMILES string of the molecule is CC[C@@H]1C[C@H](O)C[C@H](OC[C@@H](C)C[C@@H](CC(C)C)C2CC2)O1. The molecule has 1 heterocycles. The standard InChI is InChI=1S/C19H36O3/c1-5-18-10-17(20)11-19(22-18)21-12-14(4)9-16(8-13(2)3)15-6-7-15/h13-20H,5-12H2,1-4H3/t14-,16+,17-,18+,19+/m0/s1. The molecule has 0 aromatic heterocycles. The lowest BCUT2D eigenvalue weighted by Crippen LogP contribution is -2.37. The summed E-state index contributed by atoms with van der Waals surface area (Å²) in [6, 6.07) is 0. The van der Waals surface area contributed by atoms with E-state index < -0.39 is 0 Å². The molecule has 0 radical (unpaired) electrons. The van der Waals surface area contributed by atoms with Crippen LogP contribution in [0.1, 0.15) is 72.6 Å². The summed E-state index contributed by atoms with van der Waals surface area (Å²) in [5.74, 6) is 3.22. The molecule has 2 fully saturated rings. The highest BCUT2D eigenvalue weighted by atomic mass is 16.7. The largest absolute Gasteiger partial charge is 0.393 e. The van der Waals surface area contributed by atoms with E-state index in [9.17, 15) is 5.11 Å². The van der Waals surface area contributed by atoms with Crippen LogP contribution in [0, 0.1) is 23.7 Å². The van der Waals surface area contributed by atoms with Gasteiger partial charge in [0, 0.05) is 6.42 Å². The molecule has 0 unspecified atom stereocenters. The van der Waals surface area contributed by atoms with Gasteiger partial charge in [-0.3, -0.25) is 0 Å². The molecule has 130 valence electrons. The maximum absolute atomic E-state index is 9.91. The number of aliphatic hydroxyl groups is 1. The first kappa shape index (κ1) is 18.2. The van der Waals surface area contributed by atoms with Crippen LogP contribution in [0.3, 0.4) is 0 Å². The molecule has 2 rings (SSSR count). The Kier molecular flexibility index (Phi) is 7.17. The topological polar surface area (TPSA) is 38.7 Å². The van der Waals surface area contributed by atoms with Gasteiger partial charge in [-0.1, -0.05) is 27.7 Å². The second kappa shape index (κ2) is 8.65. The van der Waals surface area contributed by atoms with Crippen LogP contribution >= 0.6 is 0 Å². The molecule has 3 nitrogen and oxygen atoms in total. The van der Waals surface area contributed by atoms with E-state index in [2.05, 4.69) is 27.7 Å². The summed E-state index contributed by atoms with van der Waals surface area (Å²) in [4.78, 5) is 0. The van der Waals surface area contributed by atoms with Crippen LogP contribution in [0.25, 0.3) is 0 Å². The maximum atomic E-state index is 9.91. The van der Waals surface area contributed by atoms with Gasteiger partial charge >= 0.3 is 0 Å². The van der Waals surface area contributed by atoms with Crippen molar-refractivity contribution in [1.82, 2.24) is 0 Å². The van der Waals surface area contributed by atoms with E-state index in [1.54, 1.807) is 0 Å². The lowest BCUT2D eigenvalue weighted by molar-refractivity contribution is -0.219. The van der Waals surface area contributed by atoms with Gasteiger partial charge in [-0.25, -0.2) is 0 Å². The Hall–Kier alpha value is -0.120. The van der Waals surface area contributed by atoms with Gasteiger partial charge in [-0.05, 0) is 62.2 Å². The van der Waals surface area contributed by atoms with Crippen molar-refractivity contribution >= 4 is 0 Å². The first-order valence-electron chi connectivity index (χ1n) is 9.43.